The molecule has 2 rings (SSSR count). The first kappa shape index (κ1) is 13.4. The first-order valence-corrected chi connectivity index (χ1v) is 7.08. The first-order chi connectivity index (χ1) is 8.56. The molecule has 18 heavy (non-hydrogen) atoms. The molecule has 3 unspecified atom stereocenters. The zero-order valence-electron chi connectivity index (χ0n) is 11.6. The van der Waals surface area contributed by atoms with Gasteiger partial charge < -0.3 is 5.32 Å². The van der Waals surface area contributed by atoms with Gasteiger partial charge in [-0.15, -0.1) is 0 Å². The third-order valence-corrected chi connectivity index (χ3v) is 4.22. The monoisotopic (exact) mass is 249 g/mol. The lowest BCUT2D eigenvalue weighted by atomic mass is 9.74. The zero-order chi connectivity index (χ0) is 13.1. The molecule has 0 heterocycles. The SMILES string of the molecule is CC1CCC(C(C)C)C(Nc2ccc(F)cc2)C1. The summed E-state index contributed by atoms with van der Waals surface area (Å²) in [4.78, 5) is 0. The molecular formula is C16H24FN. The Balaban J connectivity index is 2.06. The molecule has 1 fully saturated rings. The van der Waals surface area contributed by atoms with Crippen LogP contribution in [0.4, 0.5) is 10.1 Å². The second kappa shape index (κ2) is 5.73. The van der Waals surface area contributed by atoms with Crippen LogP contribution in [-0.4, -0.2) is 6.04 Å². The zero-order valence-corrected chi connectivity index (χ0v) is 11.6. The largest absolute Gasteiger partial charge is 0.382 e. The van der Waals surface area contributed by atoms with Gasteiger partial charge in [0.25, 0.3) is 0 Å². The highest BCUT2D eigenvalue weighted by molar-refractivity contribution is 5.44. The van der Waals surface area contributed by atoms with E-state index in [0.29, 0.717) is 12.0 Å². The minimum Gasteiger partial charge on any atom is -0.382 e. The minimum atomic E-state index is -0.169. The maximum Gasteiger partial charge on any atom is 0.123 e. The van der Waals surface area contributed by atoms with E-state index in [9.17, 15) is 4.39 Å². The van der Waals surface area contributed by atoms with E-state index in [2.05, 4.69) is 26.1 Å². The van der Waals surface area contributed by atoms with Crippen LogP contribution in [0.3, 0.4) is 0 Å². The molecule has 0 aliphatic heterocycles. The first-order valence-electron chi connectivity index (χ1n) is 7.08. The number of hydrogen-bond donors (Lipinski definition) is 1. The van der Waals surface area contributed by atoms with Gasteiger partial charge in [-0.25, -0.2) is 4.39 Å². The summed E-state index contributed by atoms with van der Waals surface area (Å²) >= 11 is 0. The molecule has 0 radical (unpaired) electrons. The number of benzene rings is 1. The molecule has 1 aliphatic rings. The fourth-order valence-electron chi connectivity index (χ4n) is 3.13. The van der Waals surface area contributed by atoms with Gasteiger partial charge in [-0.3, -0.25) is 0 Å². The van der Waals surface area contributed by atoms with E-state index in [4.69, 9.17) is 0 Å². The van der Waals surface area contributed by atoms with Crippen molar-refractivity contribution in [3.63, 3.8) is 0 Å². The van der Waals surface area contributed by atoms with Gasteiger partial charge in [0.2, 0.25) is 0 Å². The van der Waals surface area contributed by atoms with E-state index in [1.165, 1.54) is 31.4 Å². The lowest BCUT2D eigenvalue weighted by molar-refractivity contribution is 0.212. The molecule has 0 spiro atoms. The van der Waals surface area contributed by atoms with E-state index < -0.39 is 0 Å². The highest BCUT2D eigenvalue weighted by atomic mass is 19.1. The molecule has 1 saturated carbocycles. The molecule has 0 amide bonds. The Bertz CT molecular complexity index is 371. The van der Waals surface area contributed by atoms with Crippen molar-refractivity contribution < 1.29 is 4.39 Å². The molecule has 1 nitrogen and oxygen atoms in total. The van der Waals surface area contributed by atoms with Crippen molar-refractivity contribution in [1.82, 2.24) is 0 Å². The van der Waals surface area contributed by atoms with Crippen LogP contribution in [0.25, 0.3) is 0 Å². The second-order valence-corrected chi connectivity index (χ2v) is 6.08. The summed E-state index contributed by atoms with van der Waals surface area (Å²) in [6.07, 6.45) is 3.86. The van der Waals surface area contributed by atoms with Crippen LogP contribution in [0, 0.1) is 23.6 Å². The van der Waals surface area contributed by atoms with E-state index in [1.807, 2.05) is 12.1 Å². The van der Waals surface area contributed by atoms with Crippen LogP contribution in [0.2, 0.25) is 0 Å². The Kier molecular flexibility index (Phi) is 4.26. The molecule has 2 heteroatoms. The quantitative estimate of drug-likeness (QED) is 0.819. The standard InChI is InChI=1S/C16H24FN/c1-11(2)15-9-4-12(3)10-16(15)18-14-7-5-13(17)6-8-14/h5-8,11-12,15-16,18H,4,9-10H2,1-3H3. The Labute approximate surface area is 110 Å². The van der Waals surface area contributed by atoms with Crippen LogP contribution in [0.1, 0.15) is 40.0 Å². The van der Waals surface area contributed by atoms with Crippen molar-refractivity contribution in [1.29, 1.82) is 0 Å². The maximum atomic E-state index is 12.9. The molecule has 0 saturated heterocycles. The van der Waals surface area contributed by atoms with Gasteiger partial charge in [-0.1, -0.05) is 27.2 Å². The van der Waals surface area contributed by atoms with Crippen molar-refractivity contribution in [2.45, 2.75) is 46.1 Å². The number of rotatable bonds is 3. The molecule has 0 aromatic heterocycles. The van der Waals surface area contributed by atoms with E-state index in [1.54, 1.807) is 0 Å². The van der Waals surface area contributed by atoms with Crippen molar-refractivity contribution in [2.24, 2.45) is 17.8 Å². The van der Waals surface area contributed by atoms with Gasteiger partial charge in [0.1, 0.15) is 5.82 Å². The molecule has 100 valence electrons. The third kappa shape index (κ3) is 3.24. The highest BCUT2D eigenvalue weighted by Crippen LogP contribution is 2.35. The van der Waals surface area contributed by atoms with Crippen LogP contribution in [0.15, 0.2) is 24.3 Å². The number of hydrogen-bond acceptors (Lipinski definition) is 1. The molecule has 1 aromatic carbocycles. The third-order valence-electron chi connectivity index (χ3n) is 4.22. The summed E-state index contributed by atoms with van der Waals surface area (Å²) in [7, 11) is 0. The van der Waals surface area contributed by atoms with E-state index in [-0.39, 0.29) is 5.82 Å². The van der Waals surface area contributed by atoms with Gasteiger partial charge in [0, 0.05) is 11.7 Å². The summed E-state index contributed by atoms with van der Waals surface area (Å²) < 4.78 is 12.9. The van der Waals surface area contributed by atoms with E-state index in [0.717, 1.165) is 17.5 Å². The van der Waals surface area contributed by atoms with Gasteiger partial charge in [0.05, 0.1) is 0 Å². The summed E-state index contributed by atoms with van der Waals surface area (Å²) in [5.74, 6) is 2.05. The van der Waals surface area contributed by atoms with Gasteiger partial charge >= 0.3 is 0 Å². The van der Waals surface area contributed by atoms with E-state index >= 15 is 0 Å². The molecule has 1 aliphatic carbocycles. The van der Waals surface area contributed by atoms with Crippen molar-refractivity contribution in [3.05, 3.63) is 30.1 Å². The average molecular weight is 249 g/mol. The smallest absolute Gasteiger partial charge is 0.123 e. The van der Waals surface area contributed by atoms with Crippen molar-refractivity contribution in [2.75, 3.05) is 5.32 Å². The van der Waals surface area contributed by atoms with Gasteiger partial charge in [0.15, 0.2) is 0 Å². The maximum absolute atomic E-state index is 12.9. The number of nitrogens with one attached hydrogen (secondary N) is 1. The van der Waals surface area contributed by atoms with Gasteiger partial charge in [-0.05, 0) is 54.9 Å². The minimum absolute atomic E-state index is 0.169. The summed E-state index contributed by atoms with van der Waals surface area (Å²) in [5, 5.41) is 3.60. The fourth-order valence-corrected chi connectivity index (χ4v) is 3.13. The molecule has 1 N–H and O–H groups in total. The fraction of sp³-hybridized carbons (Fsp3) is 0.625. The van der Waals surface area contributed by atoms with Crippen LogP contribution < -0.4 is 5.32 Å². The Hall–Kier alpha value is -1.05. The average Bonchev–Trinajstić information content (AvgIpc) is 2.32. The highest BCUT2D eigenvalue weighted by Gasteiger charge is 2.30. The Morgan fingerprint density at radius 1 is 1.17 bits per heavy atom. The Morgan fingerprint density at radius 2 is 1.83 bits per heavy atom. The second-order valence-electron chi connectivity index (χ2n) is 6.08. The summed E-state index contributed by atoms with van der Waals surface area (Å²) in [6, 6.07) is 7.26. The summed E-state index contributed by atoms with van der Waals surface area (Å²) in [5.41, 5.74) is 1.04. The molecule has 3 atom stereocenters. The topological polar surface area (TPSA) is 12.0 Å². The number of anilines is 1. The normalized spacial score (nSPS) is 28.4. The lowest BCUT2D eigenvalue weighted by Crippen LogP contribution is -2.37. The van der Waals surface area contributed by atoms with Crippen LogP contribution in [0.5, 0.6) is 0 Å². The van der Waals surface area contributed by atoms with Crippen molar-refractivity contribution in [3.8, 4) is 0 Å². The molecular weight excluding hydrogens is 225 g/mol. The predicted octanol–water partition coefficient (Wildman–Crippen LogP) is 4.70. The summed E-state index contributed by atoms with van der Waals surface area (Å²) in [6.45, 7) is 6.94. The lowest BCUT2D eigenvalue weighted by Gasteiger charge is -2.38. The van der Waals surface area contributed by atoms with Crippen LogP contribution in [-0.2, 0) is 0 Å². The number of halogens is 1. The van der Waals surface area contributed by atoms with Crippen LogP contribution >= 0.6 is 0 Å². The molecule has 0 bridgehead atoms. The van der Waals surface area contributed by atoms with Crippen molar-refractivity contribution >= 4 is 5.69 Å². The Morgan fingerprint density at radius 3 is 2.44 bits per heavy atom. The molecule has 1 aromatic rings. The predicted molar refractivity (Wildman–Crippen MR) is 75.2 cm³/mol. The van der Waals surface area contributed by atoms with Gasteiger partial charge in [-0.2, -0.15) is 0 Å².